The molecule has 0 radical (unpaired) electrons. The Morgan fingerprint density at radius 2 is 1.69 bits per heavy atom. The minimum atomic E-state index is 0.742. The van der Waals surface area contributed by atoms with Crippen LogP contribution in [-0.2, 0) is 0 Å². The van der Waals surface area contributed by atoms with Crippen LogP contribution in [0.15, 0.2) is 42.5 Å². The Bertz CT molecular complexity index is 687. The largest absolute Gasteiger partial charge is 0.397 e. The lowest BCUT2D eigenvalue weighted by atomic mass is 10.0. The van der Waals surface area contributed by atoms with Crippen molar-refractivity contribution in [1.29, 1.82) is 0 Å². The molecular formula is C14H12N2. The molecule has 0 spiro atoms. The van der Waals surface area contributed by atoms with E-state index >= 15 is 0 Å². The van der Waals surface area contributed by atoms with Crippen molar-refractivity contribution in [3.8, 4) is 0 Å². The van der Waals surface area contributed by atoms with Crippen molar-refractivity contribution in [2.45, 2.75) is 6.92 Å². The average molecular weight is 208 g/mol. The molecule has 0 aliphatic rings. The van der Waals surface area contributed by atoms with Gasteiger partial charge in [-0.05, 0) is 24.6 Å². The van der Waals surface area contributed by atoms with Crippen molar-refractivity contribution in [3.05, 3.63) is 48.0 Å². The lowest BCUT2D eigenvalue weighted by Gasteiger charge is -2.07. The maximum absolute atomic E-state index is 5.95. The second kappa shape index (κ2) is 3.20. The van der Waals surface area contributed by atoms with E-state index < -0.39 is 0 Å². The van der Waals surface area contributed by atoms with Gasteiger partial charge in [0.2, 0.25) is 0 Å². The minimum Gasteiger partial charge on any atom is -0.397 e. The van der Waals surface area contributed by atoms with Crippen molar-refractivity contribution in [2.24, 2.45) is 0 Å². The summed E-state index contributed by atoms with van der Waals surface area (Å²) in [6, 6.07) is 14.1. The van der Waals surface area contributed by atoms with Crippen LogP contribution in [0.2, 0.25) is 0 Å². The first-order valence-electron chi connectivity index (χ1n) is 5.31. The predicted molar refractivity (Wildman–Crippen MR) is 68.4 cm³/mol. The van der Waals surface area contributed by atoms with Crippen LogP contribution in [0.4, 0.5) is 5.69 Å². The third kappa shape index (κ3) is 1.16. The zero-order chi connectivity index (χ0) is 11.1. The number of hydrogen-bond acceptors (Lipinski definition) is 2. The lowest BCUT2D eigenvalue weighted by molar-refractivity contribution is 1.45. The quantitative estimate of drug-likeness (QED) is 0.455. The summed E-state index contributed by atoms with van der Waals surface area (Å²) < 4.78 is 0. The zero-order valence-corrected chi connectivity index (χ0v) is 9.07. The van der Waals surface area contributed by atoms with E-state index in [4.69, 9.17) is 5.73 Å². The molecular weight excluding hydrogens is 196 g/mol. The van der Waals surface area contributed by atoms with Gasteiger partial charge < -0.3 is 5.73 Å². The smallest absolute Gasteiger partial charge is 0.0941 e. The number of benzene rings is 2. The number of nitrogen functional groups attached to an aromatic ring is 1. The number of fused-ring (bicyclic) bond motifs is 2. The van der Waals surface area contributed by atoms with E-state index in [-0.39, 0.29) is 0 Å². The highest BCUT2D eigenvalue weighted by molar-refractivity contribution is 6.01. The Labute approximate surface area is 93.7 Å². The number of anilines is 1. The first-order chi connectivity index (χ1) is 7.77. The summed E-state index contributed by atoms with van der Waals surface area (Å²) in [6.45, 7) is 2.12. The zero-order valence-electron chi connectivity index (χ0n) is 9.07. The van der Waals surface area contributed by atoms with Gasteiger partial charge in [-0.1, -0.05) is 30.3 Å². The Morgan fingerprint density at radius 3 is 2.56 bits per heavy atom. The standard InChI is InChI=1S/C14H12N2/c1-9-10-5-2-3-8-13(10)16-14-11(9)6-4-7-12(14)15/h2-8H,15H2,1H3. The van der Waals surface area contributed by atoms with Crippen LogP contribution in [0.3, 0.4) is 0 Å². The van der Waals surface area contributed by atoms with E-state index in [0.29, 0.717) is 0 Å². The SMILES string of the molecule is Cc1c2ccccc2nc2c(N)cccc12. The average Bonchev–Trinajstić information content (AvgIpc) is 2.31. The third-order valence-electron chi connectivity index (χ3n) is 3.01. The van der Waals surface area contributed by atoms with Gasteiger partial charge in [-0.25, -0.2) is 4.98 Å². The molecule has 1 aromatic heterocycles. The number of hydrogen-bond donors (Lipinski definition) is 1. The van der Waals surface area contributed by atoms with Gasteiger partial charge in [0.1, 0.15) is 0 Å². The summed E-state index contributed by atoms with van der Waals surface area (Å²) in [5, 5.41) is 2.33. The molecule has 1 heterocycles. The molecule has 0 aliphatic heterocycles. The Balaban J connectivity index is 2.61. The molecule has 0 aliphatic carbocycles. The molecule has 0 saturated heterocycles. The van der Waals surface area contributed by atoms with Crippen LogP contribution in [-0.4, -0.2) is 4.98 Å². The fourth-order valence-corrected chi connectivity index (χ4v) is 2.14. The Hall–Kier alpha value is -2.09. The fourth-order valence-electron chi connectivity index (χ4n) is 2.14. The van der Waals surface area contributed by atoms with Crippen molar-refractivity contribution >= 4 is 27.5 Å². The highest BCUT2D eigenvalue weighted by atomic mass is 14.7. The number of nitrogens with zero attached hydrogens (tertiary/aromatic N) is 1. The number of pyridine rings is 1. The second-order valence-corrected chi connectivity index (χ2v) is 4.00. The van der Waals surface area contributed by atoms with Gasteiger partial charge in [0.25, 0.3) is 0 Å². The topological polar surface area (TPSA) is 38.9 Å². The van der Waals surface area contributed by atoms with Crippen LogP contribution in [0, 0.1) is 6.92 Å². The van der Waals surface area contributed by atoms with Crippen LogP contribution >= 0.6 is 0 Å². The Morgan fingerprint density at radius 1 is 0.938 bits per heavy atom. The number of para-hydroxylation sites is 2. The molecule has 2 aromatic carbocycles. The summed E-state index contributed by atoms with van der Waals surface area (Å²) in [4.78, 5) is 4.61. The van der Waals surface area contributed by atoms with Gasteiger partial charge in [0.05, 0.1) is 16.7 Å². The van der Waals surface area contributed by atoms with Gasteiger partial charge in [-0.15, -0.1) is 0 Å². The van der Waals surface area contributed by atoms with Crippen LogP contribution < -0.4 is 5.73 Å². The first-order valence-corrected chi connectivity index (χ1v) is 5.31. The van der Waals surface area contributed by atoms with E-state index in [1.54, 1.807) is 0 Å². The van der Waals surface area contributed by atoms with Gasteiger partial charge in [-0.2, -0.15) is 0 Å². The second-order valence-electron chi connectivity index (χ2n) is 4.00. The highest BCUT2D eigenvalue weighted by Gasteiger charge is 2.06. The number of aryl methyl sites for hydroxylation is 1. The Kier molecular flexibility index (Phi) is 1.83. The number of rotatable bonds is 0. The molecule has 0 unspecified atom stereocenters. The fraction of sp³-hybridized carbons (Fsp3) is 0.0714. The summed E-state index contributed by atoms with van der Waals surface area (Å²) in [6.07, 6.45) is 0. The van der Waals surface area contributed by atoms with Crippen molar-refractivity contribution in [2.75, 3.05) is 5.73 Å². The first kappa shape index (κ1) is 9.16. The van der Waals surface area contributed by atoms with Gasteiger partial charge in [0.15, 0.2) is 0 Å². The normalized spacial score (nSPS) is 11.1. The molecule has 0 saturated carbocycles. The van der Waals surface area contributed by atoms with Gasteiger partial charge in [0, 0.05) is 10.8 Å². The van der Waals surface area contributed by atoms with E-state index in [1.165, 1.54) is 10.9 Å². The van der Waals surface area contributed by atoms with Gasteiger partial charge in [-0.3, -0.25) is 0 Å². The van der Waals surface area contributed by atoms with E-state index in [9.17, 15) is 0 Å². The maximum atomic E-state index is 5.95. The number of nitrogens with two attached hydrogens (primary N) is 1. The van der Waals surface area contributed by atoms with E-state index in [2.05, 4.69) is 24.0 Å². The third-order valence-corrected chi connectivity index (χ3v) is 3.01. The van der Waals surface area contributed by atoms with Crippen molar-refractivity contribution < 1.29 is 0 Å². The van der Waals surface area contributed by atoms with E-state index in [1.807, 2.05) is 30.3 Å². The van der Waals surface area contributed by atoms with Crippen molar-refractivity contribution in [1.82, 2.24) is 4.98 Å². The van der Waals surface area contributed by atoms with Crippen LogP contribution in [0.25, 0.3) is 21.8 Å². The van der Waals surface area contributed by atoms with Crippen LogP contribution in [0.5, 0.6) is 0 Å². The molecule has 0 fully saturated rings. The molecule has 2 nitrogen and oxygen atoms in total. The number of aromatic nitrogens is 1. The molecule has 78 valence electrons. The summed E-state index contributed by atoms with van der Waals surface area (Å²) in [7, 11) is 0. The predicted octanol–water partition coefficient (Wildman–Crippen LogP) is 3.28. The molecule has 0 amide bonds. The van der Waals surface area contributed by atoms with Crippen molar-refractivity contribution in [3.63, 3.8) is 0 Å². The monoisotopic (exact) mass is 208 g/mol. The molecule has 3 aromatic rings. The van der Waals surface area contributed by atoms with Gasteiger partial charge >= 0.3 is 0 Å². The summed E-state index contributed by atoms with van der Waals surface area (Å²) in [5.74, 6) is 0. The molecule has 0 atom stereocenters. The summed E-state index contributed by atoms with van der Waals surface area (Å²) >= 11 is 0. The molecule has 16 heavy (non-hydrogen) atoms. The molecule has 2 heteroatoms. The van der Waals surface area contributed by atoms with E-state index in [0.717, 1.165) is 22.1 Å². The molecule has 0 bridgehead atoms. The minimum absolute atomic E-state index is 0.742. The molecule has 3 rings (SSSR count). The van der Waals surface area contributed by atoms with Crippen LogP contribution in [0.1, 0.15) is 5.56 Å². The maximum Gasteiger partial charge on any atom is 0.0941 e. The summed E-state index contributed by atoms with van der Waals surface area (Å²) in [5.41, 5.74) is 9.85. The highest BCUT2D eigenvalue weighted by Crippen LogP contribution is 2.27. The lowest BCUT2D eigenvalue weighted by Crippen LogP contribution is -1.92. The molecule has 2 N–H and O–H groups in total.